The van der Waals surface area contributed by atoms with E-state index in [1.807, 2.05) is 11.7 Å². The van der Waals surface area contributed by atoms with Gasteiger partial charge in [0.2, 0.25) is 0 Å². The van der Waals surface area contributed by atoms with Crippen LogP contribution in [0.1, 0.15) is 32.2 Å². The van der Waals surface area contributed by atoms with Gasteiger partial charge in [-0.3, -0.25) is 4.68 Å². The minimum atomic E-state index is 0.699. The summed E-state index contributed by atoms with van der Waals surface area (Å²) in [6.45, 7) is 6.71. The van der Waals surface area contributed by atoms with Crippen LogP contribution in [0.3, 0.4) is 0 Å². The van der Waals surface area contributed by atoms with E-state index in [4.69, 9.17) is 0 Å². The lowest BCUT2D eigenvalue weighted by Crippen LogP contribution is -2.15. The van der Waals surface area contributed by atoms with E-state index >= 15 is 0 Å². The van der Waals surface area contributed by atoms with Crippen LogP contribution in [0.2, 0.25) is 0 Å². The van der Waals surface area contributed by atoms with Crippen molar-refractivity contribution >= 4 is 15.9 Å². The first-order chi connectivity index (χ1) is 7.08. The molecule has 0 saturated carbocycles. The molecular formula is C12H21BrN2. The van der Waals surface area contributed by atoms with Gasteiger partial charge in [0.1, 0.15) is 0 Å². The maximum absolute atomic E-state index is 4.48. The smallest absolute Gasteiger partial charge is 0.0624 e. The predicted molar refractivity (Wildman–Crippen MR) is 68.4 cm³/mol. The number of halogens is 1. The van der Waals surface area contributed by atoms with Crippen molar-refractivity contribution in [3.63, 3.8) is 0 Å². The lowest BCUT2D eigenvalue weighted by Gasteiger charge is -2.17. The third-order valence-corrected chi connectivity index (χ3v) is 3.83. The van der Waals surface area contributed by atoms with E-state index in [0.29, 0.717) is 11.8 Å². The van der Waals surface area contributed by atoms with Crippen molar-refractivity contribution in [2.75, 3.05) is 5.33 Å². The summed E-state index contributed by atoms with van der Waals surface area (Å²) < 4.78 is 2.02. The van der Waals surface area contributed by atoms with Crippen LogP contribution >= 0.6 is 15.9 Å². The van der Waals surface area contributed by atoms with Crippen molar-refractivity contribution in [3.8, 4) is 0 Å². The summed E-state index contributed by atoms with van der Waals surface area (Å²) in [5, 5.41) is 5.54. The van der Waals surface area contributed by atoms with Crippen LogP contribution in [0.25, 0.3) is 0 Å². The molecule has 2 nitrogen and oxygen atoms in total. The highest BCUT2D eigenvalue weighted by Crippen LogP contribution is 2.19. The van der Waals surface area contributed by atoms with E-state index in [-0.39, 0.29) is 0 Å². The molecule has 0 aliphatic carbocycles. The minimum absolute atomic E-state index is 0.699. The molecule has 86 valence electrons. The first-order valence-corrected chi connectivity index (χ1v) is 6.78. The summed E-state index contributed by atoms with van der Waals surface area (Å²) >= 11 is 3.59. The zero-order chi connectivity index (χ0) is 11.4. The Bertz CT molecular complexity index is 305. The van der Waals surface area contributed by atoms with Gasteiger partial charge in [-0.15, -0.1) is 0 Å². The standard InChI is InChI=1S/C12H21BrN2/c1-5-11-7-12(15(4)14-11)6-10(8-13)9(2)3/h7,9-10H,5-6,8H2,1-4H3. The van der Waals surface area contributed by atoms with Gasteiger partial charge in [0.25, 0.3) is 0 Å². The molecular weight excluding hydrogens is 252 g/mol. The van der Waals surface area contributed by atoms with Gasteiger partial charge in [0.15, 0.2) is 0 Å². The quantitative estimate of drug-likeness (QED) is 0.753. The van der Waals surface area contributed by atoms with E-state index in [9.17, 15) is 0 Å². The van der Waals surface area contributed by atoms with Gasteiger partial charge in [0.05, 0.1) is 5.69 Å². The maximum atomic E-state index is 4.48. The molecule has 0 aromatic carbocycles. The highest BCUT2D eigenvalue weighted by Gasteiger charge is 2.15. The normalized spacial score (nSPS) is 13.5. The molecule has 0 aliphatic rings. The van der Waals surface area contributed by atoms with Crippen molar-refractivity contribution < 1.29 is 0 Å². The highest BCUT2D eigenvalue weighted by atomic mass is 79.9. The van der Waals surface area contributed by atoms with Crippen molar-refractivity contribution in [2.24, 2.45) is 18.9 Å². The van der Waals surface area contributed by atoms with Gasteiger partial charge < -0.3 is 0 Å². The van der Waals surface area contributed by atoms with Crippen LogP contribution in [0.5, 0.6) is 0 Å². The van der Waals surface area contributed by atoms with Crippen molar-refractivity contribution in [1.82, 2.24) is 9.78 Å². The average Bonchev–Trinajstić information content (AvgIpc) is 2.55. The van der Waals surface area contributed by atoms with Gasteiger partial charge in [-0.25, -0.2) is 0 Å². The Morgan fingerprint density at radius 3 is 2.53 bits per heavy atom. The molecule has 1 unspecified atom stereocenters. The second-order valence-electron chi connectivity index (χ2n) is 4.47. The molecule has 1 heterocycles. The van der Waals surface area contributed by atoms with E-state index < -0.39 is 0 Å². The van der Waals surface area contributed by atoms with Crippen LogP contribution in [0.15, 0.2) is 6.07 Å². The molecule has 1 aromatic rings. The summed E-state index contributed by atoms with van der Waals surface area (Å²) in [6, 6.07) is 2.23. The fraction of sp³-hybridized carbons (Fsp3) is 0.750. The van der Waals surface area contributed by atoms with Crippen molar-refractivity contribution in [2.45, 2.75) is 33.6 Å². The summed E-state index contributed by atoms with van der Waals surface area (Å²) in [7, 11) is 2.04. The average molecular weight is 273 g/mol. The zero-order valence-electron chi connectivity index (χ0n) is 10.1. The predicted octanol–water partition coefficient (Wildman–Crippen LogP) is 3.19. The third kappa shape index (κ3) is 3.33. The fourth-order valence-corrected chi connectivity index (χ4v) is 2.65. The lowest BCUT2D eigenvalue weighted by molar-refractivity contribution is 0.416. The molecule has 0 fully saturated rings. The van der Waals surface area contributed by atoms with E-state index in [1.54, 1.807) is 0 Å². The lowest BCUT2D eigenvalue weighted by atomic mass is 9.93. The number of aryl methyl sites for hydroxylation is 2. The number of alkyl halides is 1. The maximum Gasteiger partial charge on any atom is 0.0624 e. The Balaban J connectivity index is 2.74. The molecule has 0 saturated heterocycles. The van der Waals surface area contributed by atoms with Gasteiger partial charge in [-0.2, -0.15) is 5.10 Å². The first kappa shape index (κ1) is 12.8. The molecule has 0 N–H and O–H groups in total. The highest BCUT2D eigenvalue weighted by molar-refractivity contribution is 9.09. The second-order valence-corrected chi connectivity index (χ2v) is 5.11. The molecule has 0 radical (unpaired) electrons. The summed E-state index contributed by atoms with van der Waals surface area (Å²) in [5.74, 6) is 1.41. The Kier molecular flexibility index (Phi) is 4.84. The van der Waals surface area contributed by atoms with Crippen LogP contribution in [-0.4, -0.2) is 15.1 Å². The Morgan fingerprint density at radius 2 is 2.13 bits per heavy atom. The van der Waals surface area contributed by atoms with Gasteiger partial charge >= 0.3 is 0 Å². The summed E-state index contributed by atoms with van der Waals surface area (Å²) in [4.78, 5) is 0. The Hall–Kier alpha value is -0.310. The largest absolute Gasteiger partial charge is 0.272 e. The van der Waals surface area contributed by atoms with Gasteiger partial charge in [0, 0.05) is 18.1 Å². The third-order valence-electron chi connectivity index (χ3n) is 3.00. The molecule has 3 heteroatoms. The van der Waals surface area contributed by atoms with E-state index in [1.165, 1.54) is 11.4 Å². The molecule has 1 atom stereocenters. The molecule has 0 aliphatic heterocycles. The van der Waals surface area contributed by atoms with E-state index in [2.05, 4.69) is 47.9 Å². The fourth-order valence-electron chi connectivity index (χ4n) is 1.67. The monoisotopic (exact) mass is 272 g/mol. The molecule has 15 heavy (non-hydrogen) atoms. The number of rotatable bonds is 5. The summed E-state index contributed by atoms with van der Waals surface area (Å²) in [5.41, 5.74) is 2.55. The second kappa shape index (κ2) is 5.69. The topological polar surface area (TPSA) is 17.8 Å². The summed E-state index contributed by atoms with van der Waals surface area (Å²) in [6.07, 6.45) is 2.14. The van der Waals surface area contributed by atoms with Crippen LogP contribution in [-0.2, 0) is 19.9 Å². The number of aromatic nitrogens is 2. The van der Waals surface area contributed by atoms with Crippen molar-refractivity contribution in [1.29, 1.82) is 0 Å². The Morgan fingerprint density at radius 1 is 1.47 bits per heavy atom. The van der Waals surface area contributed by atoms with Gasteiger partial charge in [-0.1, -0.05) is 36.7 Å². The van der Waals surface area contributed by atoms with Crippen LogP contribution < -0.4 is 0 Å². The molecule has 0 spiro atoms. The Labute approximate surface area is 101 Å². The molecule has 1 rings (SSSR count). The van der Waals surface area contributed by atoms with Gasteiger partial charge in [-0.05, 0) is 30.7 Å². The molecule has 1 aromatic heterocycles. The molecule has 0 amide bonds. The van der Waals surface area contributed by atoms with Crippen LogP contribution in [0, 0.1) is 11.8 Å². The SMILES string of the molecule is CCc1cc(CC(CBr)C(C)C)n(C)n1. The number of hydrogen-bond donors (Lipinski definition) is 0. The van der Waals surface area contributed by atoms with Crippen molar-refractivity contribution in [3.05, 3.63) is 17.5 Å². The number of nitrogens with zero attached hydrogens (tertiary/aromatic N) is 2. The van der Waals surface area contributed by atoms with E-state index in [0.717, 1.165) is 18.2 Å². The first-order valence-electron chi connectivity index (χ1n) is 5.66. The minimum Gasteiger partial charge on any atom is -0.272 e. The number of hydrogen-bond acceptors (Lipinski definition) is 1. The zero-order valence-corrected chi connectivity index (χ0v) is 11.7. The van der Waals surface area contributed by atoms with Crippen LogP contribution in [0.4, 0.5) is 0 Å². The molecule has 0 bridgehead atoms.